The standard InChI is InChI=1S/C17H15N3O2/c1-11-6-5-7-12(10-11)18-16-14-9-4-3-8-13(14)15(19-20-16)17(21)22-2/h3-10H,1-2H3,(H,18,20). The maximum atomic E-state index is 11.8. The lowest BCUT2D eigenvalue weighted by Gasteiger charge is -2.10. The fraction of sp³-hybridized carbons (Fsp3) is 0.118. The maximum absolute atomic E-state index is 11.8. The first-order chi connectivity index (χ1) is 10.7. The number of aromatic nitrogens is 2. The van der Waals surface area contributed by atoms with Gasteiger partial charge in [0.1, 0.15) is 0 Å². The van der Waals surface area contributed by atoms with Crippen LogP contribution in [0.2, 0.25) is 0 Å². The van der Waals surface area contributed by atoms with E-state index in [1.165, 1.54) is 7.11 Å². The number of hydrogen-bond donors (Lipinski definition) is 1. The largest absolute Gasteiger partial charge is 0.464 e. The van der Waals surface area contributed by atoms with E-state index >= 15 is 0 Å². The second-order valence-electron chi connectivity index (χ2n) is 4.93. The van der Waals surface area contributed by atoms with E-state index in [2.05, 4.69) is 15.5 Å². The number of aryl methyl sites for hydroxylation is 1. The minimum absolute atomic E-state index is 0.216. The van der Waals surface area contributed by atoms with Crippen molar-refractivity contribution in [1.82, 2.24) is 10.2 Å². The van der Waals surface area contributed by atoms with Crippen LogP contribution in [-0.4, -0.2) is 23.3 Å². The number of rotatable bonds is 3. The van der Waals surface area contributed by atoms with E-state index in [4.69, 9.17) is 4.74 Å². The van der Waals surface area contributed by atoms with Crippen molar-refractivity contribution in [1.29, 1.82) is 0 Å². The fourth-order valence-corrected chi connectivity index (χ4v) is 2.30. The van der Waals surface area contributed by atoms with Crippen LogP contribution in [0.4, 0.5) is 11.5 Å². The lowest BCUT2D eigenvalue weighted by atomic mass is 10.1. The number of carbonyl (C=O) groups excluding carboxylic acids is 1. The van der Waals surface area contributed by atoms with E-state index in [1.54, 1.807) is 0 Å². The Morgan fingerprint density at radius 3 is 2.55 bits per heavy atom. The molecule has 0 aliphatic heterocycles. The Kier molecular flexibility index (Phi) is 3.70. The summed E-state index contributed by atoms with van der Waals surface area (Å²) in [5, 5.41) is 12.9. The number of anilines is 2. The normalized spacial score (nSPS) is 10.5. The first-order valence-corrected chi connectivity index (χ1v) is 6.86. The number of carbonyl (C=O) groups is 1. The molecule has 1 N–H and O–H groups in total. The van der Waals surface area contributed by atoms with Gasteiger partial charge in [0.15, 0.2) is 11.5 Å². The Morgan fingerprint density at radius 1 is 1.05 bits per heavy atom. The average molecular weight is 293 g/mol. The van der Waals surface area contributed by atoms with Crippen molar-refractivity contribution >= 4 is 28.2 Å². The Balaban J connectivity index is 2.10. The molecule has 110 valence electrons. The lowest BCUT2D eigenvalue weighted by molar-refractivity contribution is 0.0595. The smallest absolute Gasteiger partial charge is 0.359 e. The highest BCUT2D eigenvalue weighted by molar-refractivity contribution is 6.05. The van der Waals surface area contributed by atoms with Crippen molar-refractivity contribution in [2.24, 2.45) is 0 Å². The van der Waals surface area contributed by atoms with Crippen molar-refractivity contribution in [2.75, 3.05) is 12.4 Å². The second-order valence-corrected chi connectivity index (χ2v) is 4.93. The molecule has 2 aromatic carbocycles. The summed E-state index contributed by atoms with van der Waals surface area (Å²) in [6, 6.07) is 15.4. The third-order valence-electron chi connectivity index (χ3n) is 3.35. The van der Waals surface area contributed by atoms with Crippen molar-refractivity contribution in [3.63, 3.8) is 0 Å². The van der Waals surface area contributed by atoms with Crippen molar-refractivity contribution in [3.05, 3.63) is 59.8 Å². The van der Waals surface area contributed by atoms with Gasteiger partial charge in [-0.2, -0.15) is 0 Å². The number of nitrogens with one attached hydrogen (secondary N) is 1. The lowest BCUT2D eigenvalue weighted by Crippen LogP contribution is -2.08. The molecule has 0 saturated heterocycles. The van der Waals surface area contributed by atoms with Crippen LogP contribution < -0.4 is 5.32 Å². The fourth-order valence-electron chi connectivity index (χ4n) is 2.30. The molecule has 0 unspecified atom stereocenters. The summed E-state index contributed by atoms with van der Waals surface area (Å²) in [4.78, 5) is 11.8. The quantitative estimate of drug-likeness (QED) is 0.749. The van der Waals surface area contributed by atoms with Crippen LogP contribution in [0.1, 0.15) is 16.1 Å². The van der Waals surface area contributed by atoms with Crippen LogP contribution in [0, 0.1) is 6.92 Å². The summed E-state index contributed by atoms with van der Waals surface area (Å²) in [5.74, 6) is 0.111. The van der Waals surface area contributed by atoms with Gasteiger partial charge in [-0.25, -0.2) is 4.79 Å². The number of benzene rings is 2. The van der Waals surface area contributed by atoms with Gasteiger partial charge in [-0.3, -0.25) is 0 Å². The van der Waals surface area contributed by atoms with E-state index in [9.17, 15) is 4.79 Å². The molecule has 0 aliphatic carbocycles. The summed E-state index contributed by atoms with van der Waals surface area (Å²) in [6.07, 6.45) is 0. The minimum Gasteiger partial charge on any atom is -0.464 e. The molecule has 3 aromatic rings. The molecule has 22 heavy (non-hydrogen) atoms. The molecule has 0 spiro atoms. The predicted molar refractivity (Wildman–Crippen MR) is 85.3 cm³/mol. The van der Waals surface area contributed by atoms with Crippen LogP contribution >= 0.6 is 0 Å². The zero-order valence-corrected chi connectivity index (χ0v) is 12.3. The zero-order chi connectivity index (χ0) is 15.5. The highest BCUT2D eigenvalue weighted by Crippen LogP contribution is 2.26. The van der Waals surface area contributed by atoms with Gasteiger partial charge in [-0.15, -0.1) is 10.2 Å². The second kappa shape index (κ2) is 5.81. The summed E-state index contributed by atoms with van der Waals surface area (Å²) >= 11 is 0. The Morgan fingerprint density at radius 2 is 1.82 bits per heavy atom. The third kappa shape index (κ3) is 2.61. The van der Waals surface area contributed by atoms with Gasteiger partial charge in [0.25, 0.3) is 0 Å². The Bertz CT molecular complexity index is 846. The molecule has 0 radical (unpaired) electrons. The van der Waals surface area contributed by atoms with E-state index < -0.39 is 5.97 Å². The van der Waals surface area contributed by atoms with Gasteiger partial charge in [-0.1, -0.05) is 36.4 Å². The van der Waals surface area contributed by atoms with Gasteiger partial charge in [0.2, 0.25) is 0 Å². The molecule has 1 heterocycles. The number of esters is 1. The van der Waals surface area contributed by atoms with Crippen LogP contribution in [-0.2, 0) is 4.74 Å². The average Bonchev–Trinajstić information content (AvgIpc) is 2.54. The molecule has 0 fully saturated rings. The van der Waals surface area contributed by atoms with Gasteiger partial charge in [0, 0.05) is 16.5 Å². The number of methoxy groups -OCH3 is 1. The molecule has 5 heteroatoms. The van der Waals surface area contributed by atoms with Crippen LogP contribution in [0.5, 0.6) is 0 Å². The number of fused-ring (bicyclic) bond motifs is 1. The molecule has 0 amide bonds. The van der Waals surface area contributed by atoms with E-state index in [0.29, 0.717) is 11.2 Å². The molecule has 0 aliphatic rings. The van der Waals surface area contributed by atoms with E-state index in [1.807, 2.05) is 55.5 Å². The van der Waals surface area contributed by atoms with Crippen molar-refractivity contribution < 1.29 is 9.53 Å². The van der Waals surface area contributed by atoms with Gasteiger partial charge < -0.3 is 10.1 Å². The number of hydrogen-bond acceptors (Lipinski definition) is 5. The van der Waals surface area contributed by atoms with Crippen molar-refractivity contribution in [2.45, 2.75) is 6.92 Å². The molecular formula is C17H15N3O2. The van der Waals surface area contributed by atoms with Crippen LogP contribution in [0.25, 0.3) is 10.8 Å². The Hall–Kier alpha value is -2.95. The monoisotopic (exact) mass is 293 g/mol. The molecule has 3 rings (SSSR count). The maximum Gasteiger partial charge on any atom is 0.359 e. The van der Waals surface area contributed by atoms with E-state index in [0.717, 1.165) is 16.6 Å². The predicted octanol–water partition coefficient (Wildman–Crippen LogP) is 3.47. The van der Waals surface area contributed by atoms with Gasteiger partial charge in [-0.05, 0) is 24.6 Å². The molecule has 0 saturated carbocycles. The summed E-state index contributed by atoms with van der Waals surface area (Å²) in [6.45, 7) is 2.02. The SMILES string of the molecule is COC(=O)c1nnc(Nc2cccc(C)c2)c2ccccc12. The highest BCUT2D eigenvalue weighted by Gasteiger charge is 2.15. The number of nitrogens with zero attached hydrogens (tertiary/aromatic N) is 2. The first kappa shape index (κ1) is 14.0. The molecule has 0 bridgehead atoms. The molecule has 5 nitrogen and oxygen atoms in total. The Labute approximate surface area is 127 Å². The van der Waals surface area contributed by atoms with Crippen LogP contribution in [0.3, 0.4) is 0 Å². The van der Waals surface area contributed by atoms with Gasteiger partial charge in [0.05, 0.1) is 7.11 Å². The highest BCUT2D eigenvalue weighted by atomic mass is 16.5. The van der Waals surface area contributed by atoms with Crippen LogP contribution in [0.15, 0.2) is 48.5 Å². The van der Waals surface area contributed by atoms with Gasteiger partial charge >= 0.3 is 5.97 Å². The van der Waals surface area contributed by atoms with Crippen molar-refractivity contribution in [3.8, 4) is 0 Å². The molecule has 0 atom stereocenters. The molecular weight excluding hydrogens is 278 g/mol. The summed E-state index contributed by atoms with van der Waals surface area (Å²) < 4.78 is 4.76. The third-order valence-corrected chi connectivity index (χ3v) is 3.35. The molecule has 1 aromatic heterocycles. The number of ether oxygens (including phenoxy) is 1. The summed E-state index contributed by atoms with van der Waals surface area (Å²) in [7, 11) is 1.33. The minimum atomic E-state index is -0.495. The van der Waals surface area contributed by atoms with E-state index in [-0.39, 0.29) is 5.69 Å². The zero-order valence-electron chi connectivity index (χ0n) is 12.3. The first-order valence-electron chi connectivity index (χ1n) is 6.86. The topological polar surface area (TPSA) is 64.1 Å². The summed E-state index contributed by atoms with van der Waals surface area (Å²) in [5.41, 5.74) is 2.28.